The second-order valence-electron chi connectivity index (χ2n) is 8.05. The molecule has 1 saturated heterocycles. The van der Waals surface area contributed by atoms with Gasteiger partial charge in [-0.1, -0.05) is 36.8 Å². The number of aromatic nitrogens is 3. The van der Waals surface area contributed by atoms with Crippen molar-refractivity contribution in [3.8, 4) is 5.69 Å². The summed E-state index contributed by atoms with van der Waals surface area (Å²) < 4.78 is 2.96. The van der Waals surface area contributed by atoms with Crippen LogP contribution >= 0.6 is 22.9 Å². The van der Waals surface area contributed by atoms with Crippen molar-refractivity contribution in [1.29, 1.82) is 0 Å². The number of aryl methyl sites for hydroxylation is 1. The molecule has 1 amide bonds. The number of anilines is 1. The van der Waals surface area contributed by atoms with E-state index in [-0.39, 0.29) is 11.8 Å². The highest BCUT2D eigenvalue weighted by molar-refractivity contribution is 7.22. The number of benzene rings is 1. The zero-order chi connectivity index (χ0) is 20.5. The van der Waals surface area contributed by atoms with Gasteiger partial charge >= 0.3 is 0 Å². The Bertz CT molecular complexity index is 1010. The number of hydrogen-bond acceptors (Lipinski definition) is 5. The summed E-state index contributed by atoms with van der Waals surface area (Å²) in [6, 6.07) is 7.61. The van der Waals surface area contributed by atoms with Crippen molar-refractivity contribution >= 4 is 44.3 Å². The first-order valence-electron chi connectivity index (χ1n) is 10.1. The van der Waals surface area contributed by atoms with E-state index < -0.39 is 0 Å². The van der Waals surface area contributed by atoms with Crippen LogP contribution in [0.1, 0.15) is 32.4 Å². The molecule has 1 aliphatic heterocycles. The second kappa shape index (κ2) is 8.32. The van der Waals surface area contributed by atoms with Crippen LogP contribution < -0.4 is 10.2 Å². The van der Waals surface area contributed by atoms with Crippen LogP contribution in [0.5, 0.6) is 0 Å². The maximum atomic E-state index is 12.5. The Morgan fingerprint density at radius 3 is 2.83 bits per heavy atom. The summed E-state index contributed by atoms with van der Waals surface area (Å²) in [7, 11) is 0. The lowest BCUT2D eigenvalue weighted by Crippen LogP contribution is -2.43. The van der Waals surface area contributed by atoms with Crippen molar-refractivity contribution in [2.24, 2.45) is 11.8 Å². The summed E-state index contributed by atoms with van der Waals surface area (Å²) in [6.45, 7) is 8.61. The number of carbonyl (C=O) groups is 1. The Morgan fingerprint density at radius 1 is 1.34 bits per heavy atom. The van der Waals surface area contributed by atoms with Gasteiger partial charge in [0.05, 0.1) is 22.0 Å². The Kier molecular flexibility index (Phi) is 5.79. The minimum absolute atomic E-state index is 0.0170. The fourth-order valence-corrected chi connectivity index (χ4v) is 4.78. The Hall–Kier alpha value is -2.12. The Balaban J connectivity index is 1.57. The van der Waals surface area contributed by atoms with Gasteiger partial charge in [0, 0.05) is 24.7 Å². The van der Waals surface area contributed by atoms with E-state index in [9.17, 15) is 4.79 Å². The number of thiazole rings is 1. The van der Waals surface area contributed by atoms with Gasteiger partial charge in [-0.3, -0.25) is 4.79 Å². The minimum Gasteiger partial charge on any atom is -0.356 e. The van der Waals surface area contributed by atoms with Crippen LogP contribution in [-0.4, -0.2) is 40.3 Å². The zero-order valence-corrected chi connectivity index (χ0v) is 18.6. The van der Waals surface area contributed by atoms with Crippen LogP contribution in [0.3, 0.4) is 0 Å². The van der Waals surface area contributed by atoms with Crippen LogP contribution in [0.2, 0.25) is 5.02 Å². The first-order chi connectivity index (χ1) is 13.9. The van der Waals surface area contributed by atoms with Gasteiger partial charge in [0.15, 0.2) is 10.8 Å². The highest BCUT2D eigenvalue weighted by atomic mass is 35.5. The maximum absolute atomic E-state index is 12.5. The lowest BCUT2D eigenvalue weighted by atomic mass is 9.97. The van der Waals surface area contributed by atoms with Gasteiger partial charge in [0.25, 0.3) is 0 Å². The summed E-state index contributed by atoms with van der Waals surface area (Å²) >= 11 is 7.68. The van der Waals surface area contributed by atoms with E-state index in [0.717, 1.165) is 52.8 Å². The molecule has 1 unspecified atom stereocenters. The average Bonchev–Trinajstić information content (AvgIpc) is 3.28. The average molecular weight is 432 g/mol. The number of nitrogens with one attached hydrogen (secondary N) is 1. The van der Waals surface area contributed by atoms with E-state index in [2.05, 4.69) is 29.2 Å². The number of halogens is 1. The smallest absolute Gasteiger partial charge is 0.224 e. The van der Waals surface area contributed by atoms with Crippen molar-refractivity contribution < 1.29 is 4.79 Å². The topological polar surface area (TPSA) is 63.1 Å². The summed E-state index contributed by atoms with van der Waals surface area (Å²) in [5.41, 5.74) is 2.76. The molecule has 0 radical (unpaired) electrons. The molecule has 4 rings (SSSR count). The van der Waals surface area contributed by atoms with Crippen molar-refractivity contribution in [3.63, 3.8) is 0 Å². The van der Waals surface area contributed by atoms with Gasteiger partial charge in [-0.15, -0.1) is 0 Å². The highest BCUT2D eigenvalue weighted by Crippen LogP contribution is 2.34. The quantitative estimate of drug-likeness (QED) is 0.649. The normalized spacial score (nSPS) is 17.3. The third-order valence-corrected chi connectivity index (χ3v) is 6.66. The SMILES string of the molecule is Cc1nn(-c2ccc(Cl)cc2)c2nc(N3CCCC(C(=O)NCC(C)C)C3)sc12. The molecule has 1 aromatic carbocycles. The summed E-state index contributed by atoms with van der Waals surface area (Å²) in [5, 5.41) is 9.40. The summed E-state index contributed by atoms with van der Waals surface area (Å²) in [6.07, 6.45) is 1.93. The second-order valence-corrected chi connectivity index (χ2v) is 9.46. The predicted molar refractivity (Wildman–Crippen MR) is 119 cm³/mol. The number of carbonyl (C=O) groups excluding carboxylic acids is 1. The van der Waals surface area contributed by atoms with Crippen LogP contribution in [-0.2, 0) is 4.79 Å². The van der Waals surface area contributed by atoms with Gasteiger partial charge in [-0.05, 0) is 49.9 Å². The molecular weight excluding hydrogens is 406 g/mol. The summed E-state index contributed by atoms with van der Waals surface area (Å²) in [4.78, 5) is 19.7. The molecule has 1 atom stereocenters. The van der Waals surface area contributed by atoms with Crippen molar-refractivity contribution in [2.75, 3.05) is 24.5 Å². The summed E-state index contributed by atoms with van der Waals surface area (Å²) in [5.74, 6) is 0.637. The molecule has 6 nitrogen and oxygen atoms in total. The molecule has 1 fully saturated rings. The van der Waals surface area contributed by atoms with Crippen molar-refractivity contribution in [2.45, 2.75) is 33.6 Å². The molecule has 1 aliphatic rings. The largest absolute Gasteiger partial charge is 0.356 e. The zero-order valence-electron chi connectivity index (χ0n) is 17.0. The highest BCUT2D eigenvalue weighted by Gasteiger charge is 2.28. The maximum Gasteiger partial charge on any atom is 0.224 e. The molecule has 154 valence electrons. The fourth-order valence-electron chi connectivity index (χ4n) is 3.63. The molecule has 29 heavy (non-hydrogen) atoms. The van der Waals surface area contributed by atoms with Gasteiger partial charge in [-0.2, -0.15) is 10.1 Å². The number of piperidine rings is 1. The third-order valence-electron chi connectivity index (χ3n) is 5.20. The van der Waals surface area contributed by atoms with E-state index in [0.29, 0.717) is 17.5 Å². The Morgan fingerprint density at radius 2 is 2.10 bits per heavy atom. The van der Waals surface area contributed by atoms with Crippen LogP contribution in [0.25, 0.3) is 16.0 Å². The molecular formula is C21H26ClN5OS. The molecule has 3 heterocycles. The lowest BCUT2D eigenvalue weighted by Gasteiger charge is -2.31. The van der Waals surface area contributed by atoms with E-state index >= 15 is 0 Å². The predicted octanol–water partition coefficient (Wildman–Crippen LogP) is 4.43. The molecule has 3 aromatic rings. The van der Waals surface area contributed by atoms with Crippen LogP contribution in [0, 0.1) is 18.8 Å². The van der Waals surface area contributed by atoms with Gasteiger partial charge in [-0.25, -0.2) is 4.68 Å². The van der Waals surface area contributed by atoms with E-state index in [1.54, 1.807) is 11.3 Å². The van der Waals surface area contributed by atoms with E-state index in [4.69, 9.17) is 16.6 Å². The number of fused-ring (bicyclic) bond motifs is 1. The fraction of sp³-hybridized carbons (Fsp3) is 0.476. The number of rotatable bonds is 5. The number of nitrogens with zero attached hydrogens (tertiary/aromatic N) is 4. The molecule has 8 heteroatoms. The first kappa shape index (κ1) is 20.2. The van der Waals surface area contributed by atoms with Crippen molar-refractivity contribution in [1.82, 2.24) is 20.1 Å². The van der Waals surface area contributed by atoms with Gasteiger partial charge in [0.2, 0.25) is 5.91 Å². The molecule has 0 spiro atoms. The van der Waals surface area contributed by atoms with E-state index in [1.807, 2.05) is 35.9 Å². The van der Waals surface area contributed by atoms with Crippen LogP contribution in [0.4, 0.5) is 5.13 Å². The monoisotopic (exact) mass is 431 g/mol. The molecule has 2 aromatic heterocycles. The van der Waals surface area contributed by atoms with Gasteiger partial charge < -0.3 is 10.2 Å². The third kappa shape index (κ3) is 4.26. The number of amides is 1. The minimum atomic E-state index is 0.0170. The molecule has 0 aliphatic carbocycles. The van der Waals surface area contributed by atoms with Crippen molar-refractivity contribution in [3.05, 3.63) is 35.0 Å². The molecule has 0 bridgehead atoms. The number of hydrogen-bond donors (Lipinski definition) is 1. The lowest BCUT2D eigenvalue weighted by molar-refractivity contribution is -0.125. The molecule has 0 saturated carbocycles. The standard InChI is InChI=1S/C21H26ClN5OS/c1-13(2)11-23-20(28)15-5-4-10-26(12-15)21-24-19-18(29-21)14(3)25-27(19)17-8-6-16(22)7-9-17/h6-9,13,15H,4-5,10-12H2,1-3H3,(H,23,28). The molecule has 1 N–H and O–H groups in total. The Labute approximate surface area is 179 Å². The van der Waals surface area contributed by atoms with Crippen LogP contribution in [0.15, 0.2) is 24.3 Å². The first-order valence-corrected chi connectivity index (χ1v) is 11.3. The van der Waals surface area contributed by atoms with E-state index in [1.165, 1.54) is 0 Å². The van der Waals surface area contributed by atoms with Gasteiger partial charge in [0.1, 0.15) is 0 Å².